The molecule has 3 nitrogen and oxygen atoms in total. The van der Waals surface area contributed by atoms with Crippen molar-refractivity contribution in [3.05, 3.63) is 29.8 Å². The number of benzene rings is 1. The number of nitrogens with one attached hydrogen (secondary N) is 1. The van der Waals surface area contributed by atoms with Crippen LogP contribution in [0.25, 0.3) is 0 Å². The first-order valence-electron chi connectivity index (χ1n) is 5.06. The molecule has 0 saturated carbocycles. The second kappa shape index (κ2) is 5.14. The number of methoxy groups -OCH3 is 1. The minimum absolute atomic E-state index is 0.00734. The van der Waals surface area contributed by atoms with E-state index in [4.69, 9.17) is 9.84 Å². The zero-order valence-electron chi connectivity index (χ0n) is 9.58. The van der Waals surface area contributed by atoms with E-state index in [2.05, 4.69) is 25.2 Å². The third-order valence-corrected chi connectivity index (χ3v) is 2.53. The van der Waals surface area contributed by atoms with E-state index in [9.17, 15) is 0 Å². The minimum Gasteiger partial charge on any atom is -0.497 e. The van der Waals surface area contributed by atoms with Gasteiger partial charge in [-0.3, -0.25) is 5.32 Å². The van der Waals surface area contributed by atoms with E-state index in [0.717, 1.165) is 12.3 Å². The maximum absolute atomic E-state index is 8.74. The van der Waals surface area contributed by atoms with Crippen LogP contribution in [0.1, 0.15) is 19.4 Å². The first-order chi connectivity index (χ1) is 7.10. The summed E-state index contributed by atoms with van der Waals surface area (Å²) < 4.78 is 5.18. The average Bonchev–Trinajstić information content (AvgIpc) is 2.26. The zero-order chi connectivity index (χ0) is 11.3. The number of rotatable bonds is 5. The van der Waals surface area contributed by atoms with Crippen LogP contribution in [0.2, 0.25) is 0 Å². The number of ether oxygens (including phenoxy) is 1. The Kier molecular flexibility index (Phi) is 4.12. The smallest absolute Gasteiger partial charge is 0.119 e. The first-order valence-corrected chi connectivity index (χ1v) is 5.06. The number of aliphatic hydroxyl groups excluding tert-OH is 1. The summed E-state index contributed by atoms with van der Waals surface area (Å²) in [5, 5.41) is 11.7. The van der Waals surface area contributed by atoms with E-state index < -0.39 is 0 Å². The van der Waals surface area contributed by atoms with Crippen molar-refractivity contribution in [3.63, 3.8) is 0 Å². The number of hydrogen-bond donors (Lipinski definition) is 2. The Bertz CT molecular complexity index is 310. The molecule has 2 N–H and O–H groups in total. The lowest BCUT2D eigenvalue weighted by atomic mass is 9.84. The van der Waals surface area contributed by atoms with Gasteiger partial charge in [-0.25, -0.2) is 0 Å². The largest absolute Gasteiger partial charge is 0.497 e. The van der Waals surface area contributed by atoms with Crippen LogP contribution in [0, 0.1) is 0 Å². The van der Waals surface area contributed by atoms with Gasteiger partial charge < -0.3 is 9.84 Å². The third kappa shape index (κ3) is 3.22. The molecular formula is C12H19NO2. The lowest BCUT2D eigenvalue weighted by Crippen LogP contribution is -2.33. The molecule has 0 amide bonds. The van der Waals surface area contributed by atoms with Crippen LogP contribution in [-0.4, -0.2) is 25.5 Å². The standard InChI is InChI=1S/C12H19NO2/c1-12(2,8-13-9-14)10-5-4-6-11(7-10)15-3/h4-7,13-14H,8-9H2,1-3H3. The highest BCUT2D eigenvalue weighted by molar-refractivity contribution is 5.33. The molecule has 84 valence electrons. The van der Waals surface area contributed by atoms with E-state index >= 15 is 0 Å². The second-order valence-corrected chi connectivity index (χ2v) is 4.20. The molecule has 0 aliphatic rings. The fourth-order valence-electron chi connectivity index (χ4n) is 1.51. The summed E-state index contributed by atoms with van der Waals surface area (Å²) in [7, 11) is 1.66. The third-order valence-electron chi connectivity index (χ3n) is 2.53. The Labute approximate surface area is 91.1 Å². The highest BCUT2D eigenvalue weighted by Gasteiger charge is 2.20. The van der Waals surface area contributed by atoms with Crippen molar-refractivity contribution in [1.82, 2.24) is 5.32 Å². The summed E-state index contributed by atoms with van der Waals surface area (Å²) in [6.45, 7) is 5.00. The van der Waals surface area contributed by atoms with Crippen LogP contribution < -0.4 is 10.1 Å². The Morgan fingerprint density at radius 2 is 2.13 bits per heavy atom. The molecule has 1 rings (SSSR count). The zero-order valence-corrected chi connectivity index (χ0v) is 9.58. The maximum Gasteiger partial charge on any atom is 0.119 e. The molecule has 0 heterocycles. The average molecular weight is 209 g/mol. The van der Waals surface area contributed by atoms with Gasteiger partial charge >= 0.3 is 0 Å². The Balaban J connectivity index is 2.83. The van der Waals surface area contributed by atoms with Crippen molar-refractivity contribution < 1.29 is 9.84 Å². The minimum atomic E-state index is -0.0166. The fourth-order valence-corrected chi connectivity index (χ4v) is 1.51. The van der Waals surface area contributed by atoms with Crippen molar-refractivity contribution >= 4 is 0 Å². The van der Waals surface area contributed by atoms with E-state index in [1.54, 1.807) is 7.11 Å². The monoisotopic (exact) mass is 209 g/mol. The summed E-state index contributed by atoms with van der Waals surface area (Å²) in [5.74, 6) is 0.865. The Hall–Kier alpha value is -1.06. The molecule has 1 aromatic carbocycles. The fraction of sp³-hybridized carbons (Fsp3) is 0.500. The quantitative estimate of drug-likeness (QED) is 0.722. The molecule has 0 saturated heterocycles. The van der Waals surface area contributed by atoms with Crippen LogP contribution in [0.15, 0.2) is 24.3 Å². The van der Waals surface area contributed by atoms with Crippen molar-refractivity contribution in [2.75, 3.05) is 20.4 Å². The van der Waals surface area contributed by atoms with Crippen LogP contribution >= 0.6 is 0 Å². The highest BCUT2D eigenvalue weighted by atomic mass is 16.5. The van der Waals surface area contributed by atoms with Gasteiger partial charge in [0.2, 0.25) is 0 Å². The molecule has 1 aromatic rings. The summed E-state index contributed by atoms with van der Waals surface area (Å²) in [6.07, 6.45) is 0. The number of hydrogen-bond acceptors (Lipinski definition) is 3. The molecule has 0 atom stereocenters. The van der Waals surface area contributed by atoms with Gasteiger partial charge in [0.05, 0.1) is 13.8 Å². The normalized spacial score (nSPS) is 11.5. The van der Waals surface area contributed by atoms with Gasteiger partial charge in [-0.1, -0.05) is 26.0 Å². The van der Waals surface area contributed by atoms with E-state index in [0.29, 0.717) is 0 Å². The predicted molar refractivity (Wildman–Crippen MR) is 61.1 cm³/mol. The lowest BCUT2D eigenvalue weighted by molar-refractivity contribution is 0.247. The lowest BCUT2D eigenvalue weighted by Gasteiger charge is -2.25. The van der Waals surface area contributed by atoms with Gasteiger partial charge in [-0.2, -0.15) is 0 Å². The molecule has 0 radical (unpaired) electrons. The summed E-state index contributed by atoms with van der Waals surface area (Å²) in [5.41, 5.74) is 1.18. The number of aliphatic hydroxyl groups is 1. The van der Waals surface area contributed by atoms with Gasteiger partial charge in [0.1, 0.15) is 5.75 Å². The SMILES string of the molecule is COc1cccc(C(C)(C)CNCO)c1. The van der Waals surface area contributed by atoms with E-state index in [1.165, 1.54) is 5.56 Å². The molecule has 0 bridgehead atoms. The van der Waals surface area contributed by atoms with Gasteiger partial charge in [0, 0.05) is 12.0 Å². The van der Waals surface area contributed by atoms with Crippen molar-refractivity contribution in [1.29, 1.82) is 0 Å². The molecule has 15 heavy (non-hydrogen) atoms. The van der Waals surface area contributed by atoms with Crippen LogP contribution in [0.5, 0.6) is 5.75 Å². The summed E-state index contributed by atoms with van der Waals surface area (Å²) >= 11 is 0. The second-order valence-electron chi connectivity index (χ2n) is 4.20. The molecule has 0 aliphatic heterocycles. The van der Waals surface area contributed by atoms with Crippen molar-refractivity contribution in [2.45, 2.75) is 19.3 Å². The van der Waals surface area contributed by atoms with Crippen molar-refractivity contribution in [2.24, 2.45) is 0 Å². The Morgan fingerprint density at radius 1 is 1.40 bits per heavy atom. The van der Waals surface area contributed by atoms with Crippen LogP contribution in [-0.2, 0) is 5.41 Å². The van der Waals surface area contributed by atoms with Gasteiger partial charge in [-0.15, -0.1) is 0 Å². The molecule has 3 heteroatoms. The van der Waals surface area contributed by atoms with Crippen LogP contribution in [0.3, 0.4) is 0 Å². The van der Waals surface area contributed by atoms with Crippen molar-refractivity contribution in [3.8, 4) is 5.75 Å². The van der Waals surface area contributed by atoms with E-state index in [-0.39, 0.29) is 12.1 Å². The molecule has 0 aromatic heterocycles. The highest BCUT2D eigenvalue weighted by Crippen LogP contribution is 2.25. The molecule has 0 spiro atoms. The molecule has 0 unspecified atom stereocenters. The van der Waals surface area contributed by atoms with Crippen LogP contribution in [0.4, 0.5) is 0 Å². The maximum atomic E-state index is 8.74. The topological polar surface area (TPSA) is 41.5 Å². The van der Waals surface area contributed by atoms with Gasteiger partial charge in [-0.05, 0) is 17.7 Å². The molecular weight excluding hydrogens is 190 g/mol. The predicted octanol–water partition coefficient (Wildman–Crippen LogP) is 1.51. The van der Waals surface area contributed by atoms with E-state index in [1.807, 2.05) is 18.2 Å². The summed E-state index contributed by atoms with van der Waals surface area (Å²) in [6, 6.07) is 8.01. The molecule has 0 aliphatic carbocycles. The van der Waals surface area contributed by atoms with Gasteiger partial charge in [0.25, 0.3) is 0 Å². The Morgan fingerprint density at radius 3 is 2.73 bits per heavy atom. The molecule has 0 fully saturated rings. The van der Waals surface area contributed by atoms with Gasteiger partial charge in [0.15, 0.2) is 0 Å². The first kappa shape index (κ1) is 12.0. The summed E-state index contributed by atoms with van der Waals surface area (Å²) in [4.78, 5) is 0.